The number of nitrogens with one attached hydrogen (secondary N) is 1. The number of anilines is 1. The number of rotatable bonds is 5. The first kappa shape index (κ1) is 19.3. The van der Waals surface area contributed by atoms with Gasteiger partial charge in [-0.25, -0.2) is 14.4 Å². The maximum Gasteiger partial charge on any atom is 0.272 e. The van der Waals surface area contributed by atoms with Gasteiger partial charge in [0, 0.05) is 19.8 Å². The number of pyridine rings is 1. The highest BCUT2D eigenvalue weighted by Gasteiger charge is 2.36. The van der Waals surface area contributed by atoms with Gasteiger partial charge in [-0.3, -0.25) is 14.8 Å². The van der Waals surface area contributed by atoms with Crippen molar-refractivity contribution >= 4 is 17.4 Å². The van der Waals surface area contributed by atoms with E-state index in [4.69, 9.17) is 0 Å². The quantitative estimate of drug-likeness (QED) is 0.658. The number of hydrogen-bond donors (Lipinski definition) is 3. The van der Waals surface area contributed by atoms with Crippen molar-refractivity contribution in [2.24, 2.45) is 4.99 Å². The molecule has 2 aromatic heterocycles. The molecule has 0 saturated heterocycles. The number of hydrogen-bond acceptors (Lipinski definition) is 8. The van der Waals surface area contributed by atoms with Gasteiger partial charge in [0.25, 0.3) is 5.91 Å². The fourth-order valence-corrected chi connectivity index (χ4v) is 3.67. The van der Waals surface area contributed by atoms with Crippen molar-refractivity contribution in [2.45, 2.75) is 44.2 Å². The third-order valence-corrected chi connectivity index (χ3v) is 5.18. The van der Waals surface area contributed by atoms with Crippen molar-refractivity contribution in [1.29, 1.82) is 0 Å². The fraction of sp³-hybridized carbons (Fsp3) is 0.421. The van der Waals surface area contributed by atoms with Gasteiger partial charge in [0.1, 0.15) is 23.7 Å². The molecule has 1 aliphatic carbocycles. The molecule has 2 aliphatic rings. The van der Waals surface area contributed by atoms with E-state index in [-0.39, 0.29) is 30.8 Å². The SMILES string of the molecule is CN(Cc1cncc(F)c1)C(=O)C1=NCc2ncnc(N[C@@H]3CC[C@@H](O)[C@H]3O)c21. The van der Waals surface area contributed by atoms with Crippen LogP contribution in [0, 0.1) is 5.82 Å². The van der Waals surface area contributed by atoms with E-state index in [1.165, 1.54) is 23.5 Å². The monoisotopic (exact) mass is 400 g/mol. The van der Waals surface area contributed by atoms with Gasteiger partial charge in [-0.1, -0.05) is 0 Å². The Morgan fingerprint density at radius 1 is 1.31 bits per heavy atom. The zero-order valence-electron chi connectivity index (χ0n) is 15.8. The number of aliphatic hydroxyl groups is 2. The van der Waals surface area contributed by atoms with Crippen LogP contribution in [0.1, 0.15) is 29.7 Å². The summed E-state index contributed by atoms with van der Waals surface area (Å²) in [5.41, 5.74) is 1.88. The van der Waals surface area contributed by atoms with Gasteiger partial charge in [-0.15, -0.1) is 0 Å². The van der Waals surface area contributed by atoms with Crippen molar-refractivity contribution in [1.82, 2.24) is 19.9 Å². The van der Waals surface area contributed by atoms with E-state index in [2.05, 4.69) is 25.3 Å². The van der Waals surface area contributed by atoms with Gasteiger partial charge >= 0.3 is 0 Å². The molecule has 152 valence electrons. The number of aromatic nitrogens is 3. The number of aliphatic hydroxyl groups excluding tert-OH is 2. The van der Waals surface area contributed by atoms with Crippen LogP contribution in [-0.2, 0) is 17.9 Å². The zero-order chi connectivity index (χ0) is 20.5. The van der Waals surface area contributed by atoms with Crippen LogP contribution >= 0.6 is 0 Å². The number of nitrogens with zero attached hydrogens (tertiary/aromatic N) is 5. The molecule has 3 atom stereocenters. The highest BCUT2D eigenvalue weighted by Crippen LogP contribution is 2.28. The lowest BCUT2D eigenvalue weighted by atomic mass is 10.1. The Labute approximate surface area is 166 Å². The van der Waals surface area contributed by atoms with Gasteiger partial charge in [0.05, 0.1) is 42.2 Å². The number of amides is 1. The van der Waals surface area contributed by atoms with E-state index in [1.807, 2.05) is 0 Å². The summed E-state index contributed by atoms with van der Waals surface area (Å²) in [5, 5.41) is 23.0. The highest BCUT2D eigenvalue weighted by molar-refractivity contribution is 6.47. The largest absolute Gasteiger partial charge is 0.390 e. The maximum atomic E-state index is 13.4. The summed E-state index contributed by atoms with van der Waals surface area (Å²) in [4.78, 5) is 31.0. The van der Waals surface area contributed by atoms with E-state index >= 15 is 0 Å². The Balaban J connectivity index is 1.55. The number of fused-ring (bicyclic) bond motifs is 1. The van der Waals surface area contributed by atoms with Gasteiger partial charge in [-0.05, 0) is 24.5 Å². The highest BCUT2D eigenvalue weighted by atomic mass is 19.1. The smallest absolute Gasteiger partial charge is 0.272 e. The predicted octanol–water partition coefficient (Wildman–Crippen LogP) is 0.268. The molecule has 0 radical (unpaired) electrons. The second kappa shape index (κ2) is 7.80. The Hall–Kier alpha value is -2.98. The molecular formula is C19H21FN6O3. The van der Waals surface area contributed by atoms with E-state index in [9.17, 15) is 19.4 Å². The Morgan fingerprint density at radius 3 is 2.86 bits per heavy atom. The molecule has 1 aliphatic heterocycles. The lowest BCUT2D eigenvalue weighted by Gasteiger charge is -2.21. The van der Waals surface area contributed by atoms with Crippen molar-refractivity contribution in [2.75, 3.05) is 12.4 Å². The first-order valence-electron chi connectivity index (χ1n) is 9.30. The fourth-order valence-electron chi connectivity index (χ4n) is 3.67. The molecule has 3 N–H and O–H groups in total. The van der Waals surface area contributed by atoms with Crippen molar-refractivity contribution in [3.05, 3.63) is 47.4 Å². The summed E-state index contributed by atoms with van der Waals surface area (Å²) < 4.78 is 13.4. The predicted molar refractivity (Wildman–Crippen MR) is 102 cm³/mol. The Kier molecular flexibility index (Phi) is 5.20. The summed E-state index contributed by atoms with van der Waals surface area (Å²) in [6.07, 6.45) is 3.34. The molecular weight excluding hydrogens is 379 g/mol. The molecule has 29 heavy (non-hydrogen) atoms. The summed E-state index contributed by atoms with van der Waals surface area (Å²) in [5.74, 6) is -0.416. The second-order valence-electron chi connectivity index (χ2n) is 7.27. The first-order chi connectivity index (χ1) is 13.9. The molecule has 10 heteroatoms. The molecule has 0 spiro atoms. The number of carbonyl (C=O) groups is 1. The van der Waals surface area contributed by atoms with Crippen LogP contribution in [0.5, 0.6) is 0 Å². The standard InChI is InChI=1S/C19H21FN6O3/c1-26(8-10-4-11(20)6-21-5-10)19(29)16-15-13(7-22-16)23-9-24-18(15)25-12-2-3-14(27)17(12)28/h4-6,9,12,14,17,27-28H,2-3,7-8H2,1H3,(H,23,24,25)/t12-,14-,17+/m1/s1. The van der Waals surface area contributed by atoms with Crippen LogP contribution in [0.3, 0.4) is 0 Å². The van der Waals surface area contributed by atoms with Gasteiger partial charge < -0.3 is 20.4 Å². The lowest BCUT2D eigenvalue weighted by molar-refractivity contribution is -0.123. The molecule has 4 rings (SSSR count). The molecule has 1 saturated carbocycles. The van der Waals surface area contributed by atoms with Crippen LogP contribution in [0.15, 0.2) is 29.8 Å². The second-order valence-corrected chi connectivity index (χ2v) is 7.27. The van der Waals surface area contributed by atoms with Gasteiger partial charge in [-0.2, -0.15) is 0 Å². The molecule has 3 heterocycles. The molecule has 1 amide bonds. The minimum Gasteiger partial charge on any atom is -0.390 e. The third kappa shape index (κ3) is 3.81. The summed E-state index contributed by atoms with van der Waals surface area (Å²) >= 11 is 0. The summed E-state index contributed by atoms with van der Waals surface area (Å²) in [7, 11) is 1.60. The number of aliphatic imine (C=N–C) groups is 1. The van der Waals surface area contributed by atoms with Crippen LogP contribution in [0.2, 0.25) is 0 Å². The number of halogens is 1. The van der Waals surface area contributed by atoms with E-state index < -0.39 is 18.0 Å². The number of carbonyl (C=O) groups excluding carboxylic acids is 1. The Morgan fingerprint density at radius 2 is 2.14 bits per heavy atom. The molecule has 2 aromatic rings. The maximum absolute atomic E-state index is 13.4. The molecule has 0 aromatic carbocycles. The Bertz CT molecular complexity index is 969. The average Bonchev–Trinajstić information content (AvgIpc) is 3.27. The number of likely N-dealkylation sites (N-methyl/N-ethyl adjacent to an activating group) is 1. The van der Waals surface area contributed by atoms with Crippen LogP contribution in [0.25, 0.3) is 0 Å². The van der Waals surface area contributed by atoms with Crippen molar-refractivity contribution in [3.63, 3.8) is 0 Å². The topological polar surface area (TPSA) is 124 Å². The van der Waals surface area contributed by atoms with E-state index in [0.29, 0.717) is 35.5 Å². The average molecular weight is 400 g/mol. The molecule has 9 nitrogen and oxygen atoms in total. The van der Waals surface area contributed by atoms with E-state index in [0.717, 1.165) is 6.20 Å². The van der Waals surface area contributed by atoms with Crippen LogP contribution < -0.4 is 5.32 Å². The normalized spacial score (nSPS) is 22.9. The minimum absolute atomic E-state index is 0.169. The van der Waals surface area contributed by atoms with Gasteiger partial charge in [0.15, 0.2) is 0 Å². The summed E-state index contributed by atoms with van der Waals surface area (Å²) in [6.45, 7) is 0.417. The van der Waals surface area contributed by atoms with Crippen LogP contribution in [-0.4, -0.2) is 67.0 Å². The third-order valence-electron chi connectivity index (χ3n) is 5.18. The van der Waals surface area contributed by atoms with Crippen LogP contribution in [0.4, 0.5) is 10.2 Å². The molecule has 0 unspecified atom stereocenters. The summed E-state index contributed by atoms with van der Waals surface area (Å²) in [6, 6.07) is 0.946. The van der Waals surface area contributed by atoms with Gasteiger partial charge in [0.2, 0.25) is 0 Å². The minimum atomic E-state index is -0.916. The first-order valence-corrected chi connectivity index (χ1v) is 9.30. The molecule has 1 fully saturated rings. The van der Waals surface area contributed by atoms with Crippen molar-refractivity contribution < 1.29 is 19.4 Å². The van der Waals surface area contributed by atoms with Crippen molar-refractivity contribution in [3.8, 4) is 0 Å². The zero-order valence-corrected chi connectivity index (χ0v) is 15.8. The molecule has 0 bridgehead atoms. The van der Waals surface area contributed by atoms with E-state index in [1.54, 1.807) is 7.05 Å². The lowest BCUT2D eigenvalue weighted by Crippen LogP contribution is -2.36.